The van der Waals surface area contributed by atoms with E-state index < -0.39 is 6.10 Å². The van der Waals surface area contributed by atoms with Crippen LogP contribution in [0.25, 0.3) is 0 Å². The number of hydrogen-bond donors (Lipinski definition) is 1. The van der Waals surface area contributed by atoms with Gasteiger partial charge in [-0.2, -0.15) is 0 Å². The molecule has 0 spiro atoms. The maximum Gasteiger partial charge on any atom is 0.0900 e. The second kappa shape index (κ2) is 6.35. The van der Waals surface area contributed by atoms with Gasteiger partial charge in [0.1, 0.15) is 0 Å². The van der Waals surface area contributed by atoms with Gasteiger partial charge in [-0.05, 0) is 13.8 Å². The number of aliphatic hydroxyl groups excluding tert-OH is 1. The number of morpholine rings is 1. The molecule has 1 atom stereocenters. The molecule has 94 valence electrons. The maximum atomic E-state index is 9.82. The number of hydrogen-bond acceptors (Lipinski definition) is 4. The lowest BCUT2D eigenvalue weighted by Crippen LogP contribution is -2.42. The summed E-state index contributed by atoms with van der Waals surface area (Å²) in [4.78, 5) is 2.19. The molecule has 4 heteroatoms. The number of rotatable bonds is 6. The van der Waals surface area contributed by atoms with Gasteiger partial charge in [-0.1, -0.05) is 6.08 Å². The Morgan fingerprint density at radius 3 is 2.69 bits per heavy atom. The summed E-state index contributed by atoms with van der Waals surface area (Å²) in [6.45, 7) is 11.8. The molecular formula is C12H23NO3. The van der Waals surface area contributed by atoms with Gasteiger partial charge in [-0.25, -0.2) is 0 Å². The number of ether oxygens (including phenoxy) is 2. The van der Waals surface area contributed by atoms with Crippen LogP contribution in [0.4, 0.5) is 0 Å². The molecule has 0 aromatic carbocycles. The molecule has 0 aromatic heterocycles. The van der Waals surface area contributed by atoms with Crippen molar-refractivity contribution in [3.8, 4) is 0 Å². The first-order chi connectivity index (χ1) is 7.53. The van der Waals surface area contributed by atoms with Crippen molar-refractivity contribution in [2.24, 2.45) is 0 Å². The van der Waals surface area contributed by atoms with Gasteiger partial charge in [0.15, 0.2) is 0 Å². The lowest BCUT2D eigenvalue weighted by atomic mass is 10.1. The van der Waals surface area contributed by atoms with E-state index in [4.69, 9.17) is 9.47 Å². The Labute approximate surface area is 97.8 Å². The number of β-amino-alcohol motifs (C(OH)–C–C–N with tert-alkyl or cyclic N) is 1. The van der Waals surface area contributed by atoms with Gasteiger partial charge in [0.25, 0.3) is 0 Å². The van der Waals surface area contributed by atoms with Crippen molar-refractivity contribution in [3.63, 3.8) is 0 Å². The summed E-state index contributed by atoms with van der Waals surface area (Å²) < 4.78 is 10.8. The quantitative estimate of drug-likeness (QED) is 0.679. The molecule has 1 N–H and O–H groups in total. The fraction of sp³-hybridized carbons (Fsp3) is 0.833. The molecule has 0 saturated carbocycles. The summed E-state index contributed by atoms with van der Waals surface area (Å²) in [6, 6.07) is 0. The van der Waals surface area contributed by atoms with Gasteiger partial charge in [0, 0.05) is 19.6 Å². The minimum absolute atomic E-state index is 0.344. The highest BCUT2D eigenvalue weighted by molar-refractivity contribution is 4.89. The molecule has 1 heterocycles. The van der Waals surface area contributed by atoms with E-state index in [1.165, 1.54) is 0 Å². The molecule has 0 unspecified atom stereocenters. The van der Waals surface area contributed by atoms with Gasteiger partial charge in [0.2, 0.25) is 0 Å². The molecule has 1 fully saturated rings. The van der Waals surface area contributed by atoms with Gasteiger partial charge in [-0.15, -0.1) is 6.58 Å². The minimum Gasteiger partial charge on any atom is -0.389 e. The summed E-state index contributed by atoms with van der Waals surface area (Å²) in [5.74, 6) is 0. The predicted octanol–water partition coefficient (Wildman–Crippen LogP) is 0.661. The summed E-state index contributed by atoms with van der Waals surface area (Å²) in [5.41, 5.74) is -0.369. The first-order valence-corrected chi connectivity index (χ1v) is 5.79. The van der Waals surface area contributed by atoms with Crippen molar-refractivity contribution in [2.45, 2.75) is 25.6 Å². The van der Waals surface area contributed by atoms with Crippen molar-refractivity contribution in [2.75, 3.05) is 39.5 Å². The highest BCUT2D eigenvalue weighted by Crippen LogP contribution is 2.10. The molecule has 0 bridgehead atoms. The first-order valence-electron chi connectivity index (χ1n) is 5.79. The maximum absolute atomic E-state index is 9.82. The van der Waals surface area contributed by atoms with Crippen LogP contribution in [0.2, 0.25) is 0 Å². The molecule has 1 rings (SSSR count). The molecule has 1 aliphatic heterocycles. The van der Waals surface area contributed by atoms with Crippen LogP contribution in [0.3, 0.4) is 0 Å². The highest BCUT2D eigenvalue weighted by Gasteiger charge is 2.18. The minimum atomic E-state index is -0.447. The summed E-state index contributed by atoms with van der Waals surface area (Å²) in [7, 11) is 0. The third-order valence-corrected chi connectivity index (χ3v) is 2.71. The van der Waals surface area contributed by atoms with Crippen molar-refractivity contribution in [3.05, 3.63) is 12.7 Å². The zero-order valence-corrected chi connectivity index (χ0v) is 10.3. The van der Waals surface area contributed by atoms with Gasteiger partial charge in [-0.3, -0.25) is 4.90 Å². The lowest BCUT2D eigenvalue weighted by molar-refractivity contribution is -0.0515. The van der Waals surface area contributed by atoms with Crippen LogP contribution < -0.4 is 0 Å². The third kappa shape index (κ3) is 5.07. The molecule has 0 amide bonds. The SMILES string of the molecule is C=CC(C)(C)OC[C@H](O)CN1CCOCC1. The smallest absolute Gasteiger partial charge is 0.0900 e. The van der Waals surface area contributed by atoms with E-state index in [1.807, 2.05) is 13.8 Å². The number of nitrogens with zero attached hydrogens (tertiary/aromatic N) is 1. The van der Waals surface area contributed by atoms with Crippen LogP contribution in [0.1, 0.15) is 13.8 Å². The van der Waals surface area contributed by atoms with Gasteiger partial charge in [0.05, 0.1) is 31.5 Å². The van der Waals surface area contributed by atoms with Crippen LogP contribution in [-0.2, 0) is 9.47 Å². The van der Waals surface area contributed by atoms with E-state index in [0.29, 0.717) is 13.2 Å². The molecule has 0 aromatic rings. The summed E-state index contributed by atoms with van der Waals surface area (Å²) in [5, 5.41) is 9.82. The average Bonchev–Trinajstić information content (AvgIpc) is 2.28. The van der Waals surface area contributed by atoms with Crippen LogP contribution in [0.15, 0.2) is 12.7 Å². The molecule has 1 aliphatic rings. The van der Waals surface area contributed by atoms with Crippen molar-refractivity contribution < 1.29 is 14.6 Å². The van der Waals surface area contributed by atoms with Crippen LogP contribution in [0, 0.1) is 0 Å². The lowest BCUT2D eigenvalue weighted by Gasteiger charge is -2.29. The second-order valence-corrected chi connectivity index (χ2v) is 4.69. The van der Waals surface area contributed by atoms with E-state index in [0.717, 1.165) is 26.3 Å². The first kappa shape index (κ1) is 13.6. The second-order valence-electron chi connectivity index (χ2n) is 4.69. The van der Waals surface area contributed by atoms with E-state index in [1.54, 1.807) is 6.08 Å². The fourth-order valence-corrected chi connectivity index (χ4v) is 1.50. The monoisotopic (exact) mass is 229 g/mol. The molecule has 0 aliphatic carbocycles. The average molecular weight is 229 g/mol. The Hall–Kier alpha value is -0.420. The van der Waals surface area contributed by atoms with E-state index in [2.05, 4.69) is 11.5 Å². The van der Waals surface area contributed by atoms with Crippen LogP contribution in [0.5, 0.6) is 0 Å². The Kier molecular flexibility index (Phi) is 5.41. The summed E-state index contributed by atoms with van der Waals surface area (Å²) >= 11 is 0. The Bertz CT molecular complexity index is 212. The fourth-order valence-electron chi connectivity index (χ4n) is 1.50. The molecule has 0 radical (unpaired) electrons. The standard InChI is InChI=1S/C12H23NO3/c1-4-12(2,3)16-10-11(14)9-13-5-7-15-8-6-13/h4,11,14H,1,5-10H2,2-3H3/t11-/m1/s1. The Morgan fingerprint density at radius 2 is 2.12 bits per heavy atom. The van der Waals surface area contributed by atoms with Crippen LogP contribution >= 0.6 is 0 Å². The third-order valence-electron chi connectivity index (χ3n) is 2.71. The van der Waals surface area contributed by atoms with E-state index >= 15 is 0 Å². The van der Waals surface area contributed by atoms with Crippen LogP contribution in [-0.4, -0.2) is 61.2 Å². The van der Waals surface area contributed by atoms with E-state index in [-0.39, 0.29) is 5.60 Å². The highest BCUT2D eigenvalue weighted by atomic mass is 16.5. The van der Waals surface area contributed by atoms with Crippen molar-refractivity contribution in [1.82, 2.24) is 4.90 Å². The molecular weight excluding hydrogens is 206 g/mol. The van der Waals surface area contributed by atoms with Crippen molar-refractivity contribution >= 4 is 0 Å². The zero-order valence-electron chi connectivity index (χ0n) is 10.3. The van der Waals surface area contributed by atoms with Gasteiger partial charge >= 0.3 is 0 Å². The topological polar surface area (TPSA) is 41.9 Å². The largest absolute Gasteiger partial charge is 0.389 e. The van der Waals surface area contributed by atoms with E-state index in [9.17, 15) is 5.11 Å². The zero-order chi connectivity index (χ0) is 12.0. The van der Waals surface area contributed by atoms with Crippen molar-refractivity contribution in [1.29, 1.82) is 0 Å². The normalized spacial score (nSPS) is 20.7. The Morgan fingerprint density at radius 1 is 1.50 bits per heavy atom. The molecule has 4 nitrogen and oxygen atoms in total. The Balaban J connectivity index is 2.19. The summed E-state index contributed by atoms with van der Waals surface area (Å²) in [6.07, 6.45) is 1.30. The molecule has 16 heavy (non-hydrogen) atoms. The number of aliphatic hydroxyl groups is 1. The predicted molar refractivity (Wildman–Crippen MR) is 63.5 cm³/mol. The molecule has 1 saturated heterocycles. The van der Waals surface area contributed by atoms with Gasteiger partial charge < -0.3 is 14.6 Å².